The molecular formula is C23H30IN5. The van der Waals surface area contributed by atoms with Gasteiger partial charge in [-0.2, -0.15) is 0 Å². The lowest BCUT2D eigenvalue weighted by atomic mass is 10.1. The van der Waals surface area contributed by atoms with E-state index in [-0.39, 0.29) is 24.0 Å². The van der Waals surface area contributed by atoms with Crippen molar-refractivity contribution < 1.29 is 0 Å². The van der Waals surface area contributed by atoms with Gasteiger partial charge in [-0.25, -0.2) is 9.98 Å². The molecule has 0 unspecified atom stereocenters. The third-order valence-corrected chi connectivity index (χ3v) is 4.62. The van der Waals surface area contributed by atoms with E-state index in [1.54, 1.807) is 0 Å². The molecule has 1 heterocycles. The zero-order valence-corrected chi connectivity index (χ0v) is 19.5. The van der Waals surface area contributed by atoms with E-state index in [2.05, 4.69) is 51.4 Å². The Bertz CT molecular complexity index is 872. The molecule has 0 aliphatic carbocycles. The largest absolute Gasteiger partial charge is 0.356 e. The van der Waals surface area contributed by atoms with Crippen molar-refractivity contribution in [2.24, 2.45) is 4.99 Å². The lowest BCUT2D eigenvalue weighted by molar-refractivity contribution is 0.590. The van der Waals surface area contributed by atoms with Gasteiger partial charge in [-0.05, 0) is 44.4 Å². The maximum absolute atomic E-state index is 4.76. The Hall–Kier alpha value is -2.35. The summed E-state index contributed by atoms with van der Waals surface area (Å²) < 4.78 is 2.19. The molecule has 0 radical (unpaired) electrons. The van der Waals surface area contributed by atoms with Crippen LogP contribution in [0.2, 0.25) is 0 Å². The minimum Gasteiger partial charge on any atom is -0.356 e. The summed E-state index contributed by atoms with van der Waals surface area (Å²) in [4.78, 5) is 9.03. The second-order valence-corrected chi connectivity index (χ2v) is 6.94. The molecule has 0 saturated heterocycles. The van der Waals surface area contributed by atoms with E-state index in [0.29, 0.717) is 6.54 Å². The van der Waals surface area contributed by atoms with Crippen molar-refractivity contribution in [1.82, 2.24) is 14.9 Å². The molecule has 2 N–H and O–H groups in total. The van der Waals surface area contributed by atoms with Gasteiger partial charge in [-0.3, -0.25) is 0 Å². The van der Waals surface area contributed by atoms with Crippen LogP contribution in [-0.2, 0) is 13.1 Å². The fourth-order valence-corrected chi connectivity index (χ4v) is 2.92. The molecule has 5 nitrogen and oxygen atoms in total. The molecule has 3 aromatic rings. The number of rotatable bonds is 8. The Morgan fingerprint density at radius 1 is 1.00 bits per heavy atom. The van der Waals surface area contributed by atoms with Gasteiger partial charge in [0.05, 0.1) is 6.54 Å². The summed E-state index contributed by atoms with van der Waals surface area (Å²) >= 11 is 0. The molecule has 2 aromatic carbocycles. The minimum absolute atomic E-state index is 0. The summed E-state index contributed by atoms with van der Waals surface area (Å²) in [6.45, 7) is 6.66. The van der Waals surface area contributed by atoms with Crippen LogP contribution in [0.5, 0.6) is 0 Å². The quantitative estimate of drug-likeness (QED) is 0.193. The van der Waals surface area contributed by atoms with Crippen molar-refractivity contribution in [3.8, 4) is 0 Å². The van der Waals surface area contributed by atoms with Crippen molar-refractivity contribution in [3.63, 3.8) is 0 Å². The highest BCUT2D eigenvalue weighted by Gasteiger charge is 2.01. The number of hydrogen-bond acceptors (Lipinski definition) is 2. The second kappa shape index (κ2) is 12.3. The number of halogens is 1. The molecule has 0 saturated carbocycles. The number of nitrogens with one attached hydrogen (secondary N) is 2. The van der Waals surface area contributed by atoms with Gasteiger partial charge < -0.3 is 15.2 Å². The first-order valence-corrected chi connectivity index (χ1v) is 9.84. The molecule has 0 amide bonds. The maximum Gasteiger partial charge on any atom is 0.196 e. The number of hydrogen-bond donors (Lipinski definition) is 2. The maximum atomic E-state index is 4.76. The van der Waals surface area contributed by atoms with Crippen molar-refractivity contribution in [2.75, 3.05) is 11.9 Å². The molecule has 0 bridgehead atoms. The second-order valence-electron chi connectivity index (χ2n) is 6.94. The number of guanidine groups is 1. The molecule has 0 aliphatic heterocycles. The molecule has 0 aliphatic rings. The molecule has 29 heavy (non-hydrogen) atoms. The predicted octanol–water partition coefficient (Wildman–Crippen LogP) is 5.16. The van der Waals surface area contributed by atoms with E-state index in [9.17, 15) is 0 Å². The van der Waals surface area contributed by atoms with E-state index in [1.807, 2.05) is 49.6 Å². The average molecular weight is 503 g/mol. The SMILES string of the molecule is Cc1ccc(CN=C(NCCCCn2ccnc2C)Nc2ccccc2)cc1.I. The number of unbranched alkanes of at least 4 members (excludes halogenated alkanes) is 1. The van der Waals surface area contributed by atoms with Crippen LogP contribution in [0.4, 0.5) is 5.69 Å². The van der Waals surface area contributed by atoms with Crippen molar-refractivity contribution in [3.05, 3.63) is 83.9 Å². The molecule has 154 valence electrons. The first-order valence-electron chi connectivity index (χ1n) is 9.84. The van der Waals surface area contributed by atoms with E-state index >= 15 is 0 Å². The highest BCUT2D eigenvalue weighted by molar-refractivity contribution is 14.0. The summed E-state index contributed by atoms with van der Waals surface area (Å²) in [6, 6.07) is 18.7. The molecular weight excluding hydrogens is 473 g/mol. The van der Waals surface area contributed by atoms with Crippen molar-refractivity contribution >= 4 is 35.6 Å². The Morgan fingerprint density at radius 2 is 1.76 bits per heavy atom. The number of para-hydroxylation sites is 1. The van der Waals surface area contributed by atoms with Gasteiger partial charge in [0.1, 0.15) is 5.82 Å². The Kier molecular flexibility index (Phi) is 9.70. The van der Waals surface area contributed by atoms with Gasteiger partial charge in [-0.15, -0.1) is 24.0 Å². The summed E-state index contributed by atoms with van der Waals surface area (Å²) in [5, 5.41) is 6.86. The standard InChI is InChI=1S/C23H29N5.HI/c1-19-10-12-21(13-11-19)18-26-23(27-22-8-4-3-5-9-22)25-14-6-7-16-28-17-15-24-20(28)2;/h3-5,8-13,15,17H,6-7,14,16,18H2,1-2H3,(H2,25,26,27);1H. The topological polar surface area (TPSA) is 54.2 Å². The van der Waals surface area contributed by atoms with Crippen LogP contribution >= 0.6 is 24.0 Å². The zero-order valence-electron chi connectivity index (χ0n) is 17.1. The molecule has 0 spiro atoms. The van der Waals surface area contributed by atoms with E-state index in [4.69, 9.17) is 4.99 Å². The molecule has 3 rings (SSSR count). The van der Waals surface area contributed by atoms with Gasteiger partial charge in [0.2, 0.25) is 0 Å². The summed E-state index contributed by atoms with van der Waals surface area (Å²) in [6.07, 6.45) is 6.06. The van der Waals surface area contributed by atoms with Crippen molar-refractivity contribution in [1.29, 1.82) is 0 Å². The molecule has 1 aromatic heterocycles. The minimum atomic E-state index is 0. The first kappa shape index (κ1) is 22.9. The van der Waals surface area contributed by atoms with E-state index in [0.717, 1.165) is 43.4 Å². The number of aromatic nitrogens is 2. The number of anilines is 1. The van der Waals surface area contributed by atoms with Crippen LogP contribution in [0, 0.1) is 13.8 Å². The number of imidazole rings is 1. The number of aliphatic imine (C=N–C) groups is 1. The number of nitrogens with zero attached hydrogens (tertiary/aromatic N) is 3. The van der Waals surface area contributed by atoms with E-state index in [1.165, 1.54) is 11.1 Å². The summed E-state index contributed by atoms with van der Waals surface area (Å²) in [5.41, 5.74) is 3.50. The van der Waals surface area contributed by atoms with Crippen molar-refractivity contribution in [2.45, 2.75) is 39.8 Å². The molecule has 0 fully saturated rings. The third kappa shape index (κ3) is 7.89. The lowest BCUT2D eigenvalue weighted by Crippen LogP contribution is -2.31. The zero-order chi connectivity index (χ0) is 19.6. The smallest absolute Gasteiger partial charge is 0.196 e. The summed E-state index contributed by atoms with van der Waals surface area (Å²) in [5.74, 6) is 1.88. The van der Waals surface area contributed by atoms with Crippen LogP contribution in [0.3, 0.4) is 0 Å². The van der Waals surface area contributed by atoms with E-state index < -0.39 is 0 Å². The normalized spacial score (nSPS) is 11.0. The Balaban J connectivity index is 0.00000300. The van der Waals surface area contributed by atoms with Gasteiger partial charge in [0.25, 0.3) is 0 Å². The predicted molar refractivity (Wildman–Crippen MR) is 132 cm³/mol. The summed E-state index contributed by atoms with van der Waals surface area (Å²) in [7, 11) is 0. The third-order valence-electron chi connectivity index (χ3n) is 4.62. The van der Waals surface area contributed by atoms with Crippen LogP contribution in [0.15, 0.2) is 72.0 Å². The van der Waals surface area contributed by atoms with Crippen LogP contribution < -0.4 is 10.6 Å². The van der Waals surface area contributed by atoms with Gasteiger partial charge in [0.15, 0.2) is 5.96 Å². The van der Waals surface area contributed by atoms with Crippen LogP contribution in [-0.4, -0.2) is 22.1 Å². The molecule has 0 atom stereocenters. The van der Waals surface area contributed by atoms with Gasteiger partial charge in [-0.1, -0.05) is 48.0 Å². The fraction of sp³-hybridized carbons (Fsp3) is 0.304. The van der Waals surface area contributed by atoms with Gasteiger partial charge >= 0.3 is 0 Å². The lowest BCUT2D eigenvalue weighted by Gasteiger charge is -2.13. The van der Waals surface area contributed by atoms with Gasteiger partial charge in [0, 0.05) is 31.2 Å². The number of benzene rings is 2. The first-order chi connectivity index (χ1) is 13.7. The molecule has 6 heteroatoms. The Labute approximate surface area is 190 Å². The van der Waals surface area contributed by atoms with Crippen LogP contribution in [0.1, 0.15) is 29.8 Å². The van der Waals surface area contributed by atoms with Crippen LogP contribution in [0.25, 0.3) is 0 Å². The number of aryl methyl sites for hydroxylation is 3. The highest BCUT2D eigenvalue weighted by atomic mass is 127. The highest BCUT2D eigenvalue weighted by Crippen LogP contribution is 2.07. The monoisotopic (exact) mass is 503 g/mol. The fourth-order valence-electron chi connectivity index (χ4n) is 2.92. The Morgan fingerprint density at radius 3 is 2.45 bits per heavy atom. The average Bonchev–Trinajstić information content (AvgIpc) is 3.12.